The molecule has 2 aromatic heterocycles. The smallest absolute Gasteiger partial charge is 0.322 e. The number of hydrogen-bond donors (Lipinski definition) is 1. The van der Waals surface area contributed by atoms with Crippen molar-refractivity contribution in [3.8, 4) is 17.2 Å². The van der Waals surface area contributed by atoms with E-state index in [1.165, 1.54) is 0 Å². The number of fused-ring (bicyclic) bond motifs is 1. The number of carbonyl (C=O) groups excluding carboxylic acids is 1. The van der Waals surface area contributed by atoms with Crippen LogP contribution in [0.5, 0.6) is 5.75 Å². The van der Waals surface area contributed by atoms with Crippen LogP contribution in [0.2, 0.25) is 0 Å². The van der Waals surface area contributed by atoms with Gasteiger partial charge in [-0.15, -0.1) is 16.9 Å². The first-order chi connectivity index (χ1) is 13.7. The number of thioether (sulfide) groups is 1. The fourth-order valence-corrected chi connectivity index (χ4v) is 3.11. The maximum absolute atomic E-state index is 12.5. The summed E-state index contributed by atoms with van der Waals surface area (Å²) in [7, 11) is 0. The van der Waals surface area contributed by atoms with E-state index in [9.17, 15) is 4.79 Å². The standard InChI is InChI=1S/C20H17N3O4S/c1-3-25-15-6-4-5-13-11-16(26-17(13)15)18(24)21-20-23-22-19(27-20)12-7-9-14(28-2)10-8-12/h4-11H,3H2,1-2H3,(H,21,23,24). The van der Waals surface area contributed by atoms with Gasteiger partial charge in [-0.1, -0.05) is 17.2 Å². The summed E-state index contributed by atoms with van der Waals surface area (Å²) in [6, 6.07) is 14.8. The molecule has 0 saturated carbocycles. The molecule has 0 fully saturated rings. The molecule has 4 rings (SSSR count). The molecule has 0 spiro atoms. The molecule has 1 amide bonds. The van der Waals surface area contributed by atoms with Crippen molar-refractivity contribution in [3.05, 3.63) is 54.3 Å². The Bertz CT molecular complexity index is 1120. The van der Waals surface area contributed by atoms with Gasteiger partial charge in [-0.25, -0.2) is 0 Å². The number of nitrogens with zero attached hydrogens (tertiary/aromatic N) is 2. The number of para-hydroxylation sites is 1. The van der Waals surface area contributed by atoms with Gasteiger partial charge < -0.3 is 13.6 Å². The summed E-state index contributed by atoms with van der Waals surface area (Å²) in [5.41, 5.74) is 1.30. The molecule has 0 atom stereocenters. The maximum Gasteiger partial charge on any atom is 0.322 e. The highest BCUT2D eigenvalue weighted by Gasteiger charge is 2.18. The summed E-state index contributed by atoms with van der Waals surface area (Å²) >= 11 is 1.65. The van der Waals surface area contributed by atoms with Gasteiger partial charge in [0.15, 0.2) is 17.1 Å². The second-order valence-electron chi connectivity index (χ2n) is 5.81. The molecule has 4 aromatic rings. The van der Waals surface area contributed by atoms with Crippen LogP contribution in [0, 0.1) is 0 Å². The molecule has 8 heteroatoms. The van der Waals surface area contributed by atoms with Crippen molar-refractivity contribution in [1.29, 1.82) is 0 Å². The first-order valence-corrected chi connectivity index (χ1v) is 9.85. The fraction of sp³-hybridized carbons (Fsp3) is 0.150. The highest BCUT2D eigenvalue weighted by Crippen LogP contribution is 2.29. The Balaban J connectivity index is 1.53. The fourth-order valence-electron chi connectivity index (χ4n) is 2.70. The Morgan fingerprint density at radius 3 is 2.71 bits per heavy atom. The topological polar surface area (TPSA) is 90.4 Å². The van der Waals surface area contributed by atoms with Gasteiger partial charge in [0, 0.05) is 15.8 Å². The molecule has 1 N–H and O–H groups in total. The average Bonchev–Trinajstić information content (AvgIpc) is 3.36. The number of benzene rings is 2. The Hall–Kier alpha value is -3.26. The van der Waals surface area contributed by atoms with Crippen LogP contribution in [0.25, 0.3) is 22.4 Å². The van der Waals surface area contributed by atoms with E-state index >= 15 is 0 Å². The number of nitrogens with one attached hydrogen (secondary N) is 1. The summed E-state index contributed by atoms with van der Waals surface area (Å²) < 4.78 is 16.7. The van der Waals surface area contributed by atoms with Gasteiger partial charge in [-0.05, 0) is 49.6 Å². The zero-order valence-corrected chi connectivity index (χ0v) is 16.1. The zero-order chi connectivity index (χ0) is 19.5. The Kier molecular flexibility index (Phi) is 5.03. The van der Waals surface area contributed by atoms with Crippen LogP contribution in [0.1, 0.15) is 17.5 Å². The number of carbonyl (C=O) groups is 1. The second-order valence-corrected chi connectivity index (χ2v) is 6.69. The lowest BCUT2D eigenvalue weighted by atomic mass is 10.2. The third-order valence-corrected chi connectivity index (χ3v) is 4.76. The monoisotopic (exact) mass is 395 g/mol. The normalized spacial score (nSPS) is 10.9. The van der Waals surface area contributed by atoms with E-state index in [-0.39, 0.29) is 11.8 Å². The van der Waals surface area contributed by atoms with Gasteiger partial charge in [0.05, 0.1) is 6.61 Å². The average molecular weight is 395 g/mol. The Morgan fingerprint density at radius 1 is 1.14 bits per heavy atom. The van der Waals surface area contributed by atoms with E-state index < -0.39 is 5.91 Å². The number of hydrogen-bond acceptors (Lipinski definition) is 7. The van der Waals surface area contributed by atoms with Crippen LogP contribution in [0.4, 0.5) is 6.01 Å². The molecule has 0 aliphatic rings. The lowest BCUT2D eigenvalue weighted by Gasteiger charge is -2.02. The van der Waals surface area contributed by atoms with E-state index in [0.717, 1.165) is 15.8 Å². The first-order valence-electron chi connectivity index (χ1n) is 8.62. The van der Waals surface area contributed by atoms with Crippen molar-refractivity contribution in [2.75, 3.05) is 18.2 Å². The third-order valence-electron chi connectivity index (χ3n) is 4.01. The number of ether oxygens (including phenoxy) is 1. The quantitative estimate of drug-likeness (QED) is 0.466. The maximum atomic E-state index is 12.5. The van der Waals surface area contributed by atoms with Crippen molar-refractivity contribution in [2.24, 2.45) is 0 Å². The second kappa shape index (κ2) is 7.77. The van der Waals surface area contributed by atoms with Crippen LogP contribution in [-0.4, -0.2) is 29.0 Å². The number of rotatable bonds is 6. The molecule has 0 saturated heterocycles. The van der Waals surface area contributed by atoms with E-state index in [0.29, 0.717) is 23.8 Å². The summed E-state index contributed by atoms with van der Waals surface area (Å²) in [6.07, 6.45) is 2.00. The summed E-state index contributed by atoms with van der Waals surface area (Å²) in [4.78, 5) is 13.6. The van der Waals surface area contributed by atoms with Crippen LogP contribution in [0.15, 0.2) is 62.3 Å². The first kappa shape index (κ1) is 18.1. The minimum Gasteiger partial charge on any atom is -0.490 e. The van der Waals surface area contributed by atoms with Crippen molar-refractivity contribution < 1.29 is 18.4 Å². The van der Waals surface area contributed by atoms with Crippen LogP contribution < -0.4 is 10.1 Å². The Labute approximate surface area is 165 Å². The SMILES string of the molecule is CCOc1cccc2cc(C(=O)Nc3nnc(-c4ccc(SC)cc4)o3)oc12. The molecular formula is C20H17N3O4S. The van der Waals surface area contributed by atoms with Gasteiger partial charge >= 0.3 is 6.01 Å². The molecule has 7 nitrogen and oxygen atoms in total. The number of furan rings is 1. The molecule has 0 aliphatic carbocycles. The highest BCUT2D eigenvalue weighted by molar-refractivity contribution is 7.98. The molecule has 2 aromatic carbocycles. The summed E-state index contributed by atoms with van der Waals surface area (Å²) in [5.74, 6) is 0.566. The summed E-state index contributed by atoms with van der Waals surface area (Å²) in [6.45, 7) is 2.39. The number of amides is 1. The van der Waals surface area contributed by atoms with Crippen LogP contribution in [-0.2, 0) is 0 Å². The lowest BCUT2D eigenvalue weighted by molar-refractivity contribution is 0.0995. The molecule has 0 bridgehead atoms. The molecule has 142 valence electrons. The highest BCUT2D eigenvalue weighted by atomic mass is 32.2. The molecular weight excluding hydrogens is 378 g/mol. The third kappa shape index (κ3) is 3.59. The van der Waals surface area contributed by atoms with Crippen molar-refractivity contribution in [3.63, 3.8) is 0 Å². The van der Waals surface area contributed by atoms with E-state index in [2.05, 4.69) is 15.5 Å². The van der Waals surface area contributed by atoms with Crippen molar-refractivity contribution in [1.82, 2.24) is 10.2 Å². The zero-order valence-electron chi connectivity index (χ0n) is 15.3. The molecule has 0 aliphatic heterocycles. The van der Waals surface area contributed by atoms with Gasteiger partial charge in [-0.2, -0.15) is 0 Å². The van der Waals surface area contributed by atoms with E-state index in [1.54, 1.807) is 23.9 Å². The lowest BCUT2D eigenvalue weighted by Crippen LogP contribution is -2.10. The minimum atomic E-state index is -0.480. The van der Waals surface area contributed by atoms with Gasteiger partial charge in [0.25, 0.3) is 5.91 Å². The predicted octanol–water partition coefficient (Wildman–Crippen LogP) is 4.86. The van der Waals surface area contributed by atoms with E-state index in [1.807, 2.05) is 49.6 Å². The van der Waals surface area contributed by atoms with Gasteiger partial charge in [0.2, 0.25) is 5.89 Å². The van der Waals surface area contributed by atoms with Gasteiger partial charge in [0.1, 0.15) is 0 Å². The largest absolute Gasteiger partial charge is 0.490 e. The van der Waals surface area contributed by atoms with Crippen LogP contribution in [0.3, 0.4) is 0 Å². The summed E-state index contributed by atoms with van der Waals surface area (Å²) in [5, 5.41) is 11.2. The minimum absolute atomic E-state index is 0.000527. The van der Waals surface area contributed by atoms with Crippen molar-refractivity contribution >= 4 is 34.7 Å². The number of aromatic nitrogens is 2. The van der Waals surface area contributed by atoms with Gasteiger partial charge in [-0.3, -0.25) is 10.1 Å². The molecule has 2 heterocycles. The molecule has 0 unspecified atom stereocenters. The molecule has 28 heavy (non-hydrogen) atoms. The number of anilines is 1. The van der Waals surface area contributed by atoms with Crippen LogP contribution >= 0.6 is 11.8 Å². The predicted molar refractivity (Wildman–Crippen MR) is 107 cm³/mol. The van der Waals surface area contributed by atoms with E-state index in [4.69, 9.17) is 13.6 Å². The molecule has 0 radical (unpaired) electrons. The van der Waals surface area contributed by atoms with Crippen molar-refractivity contribution in [2.45, 2.75) is 11.8 Å². The Morgan fingerprint density at radius 2 is 1.96 bits per heavy atom.